The minimum absolute atomic E-state index is 0.0601. The number of anilines is 1. The third kappa shape index (κ3) is 5.29. The summed E-state index contributed by atoms with van der Waals surface area (Å²) in [4.78, 5) is 8.97. The van der Waals surface area contributed by atoms with E-state index in [1.165, 1.54) is 13.2 Å². The highest BCUT2D eigenvalue weighted by molar-refractivity contribution is 7.89. The highest BCUT2D eigenvalue weighted by Gasteiger charge is 2.23. The number of hydrogen-bond acceptors (Lipinski definition) is 8. The van der Waals surface area contributed by atoms with Gasteiger partial charge in [-0.3, -0.25) is 4.98 Å². The summed E-state index contributed by atoms with van der Waals surface area (Å²) in [5.41, 5.74) is 5.10. The molecule has 0 aliphatic heterocycles. The smallest absolute Gasteiger partial charge is 0.244 e. The molecule has 0 atom stereocenters. The van der Waals surface area contributed by atoms with E-state index in [4.69, 9.17) is 26.4 Å². The number of imidazole rings is 1. The monoisotopic (exact) mass is 530 g/mol. The number of nitrogens with one attached hydrogen (secondary N) is 2. The molecule has 1 aromatic carbocycles. The third-order valence-electron chi connectivity index (χ3n) is 5.59. The van der Waals surface area contributed by atoms with Gasteiger partial charge in [0.15, 0.2) is 10.8 Å². The van der Waals surface area contributed by atoms with Crippen LogP contribution in [0.25, 0.3) is 16.9 Å². The first kappa shape index (κ1) is 25.8. The van der Waals surface area contributed by atoms with Crippen molar-refractivity contribution < 1.29 is 18.3 Å². The van der Waals surface area contributed by atoms with Gasteiger partial charge in [-0.25, -0.2) is 22.6 Å². The molecule has 0 saturated heterocycles. The number of aromatic nitrogens is 4. The maximum atomic E-state index is 12.8. The van der Waals surface area contributed by atoms with Gasteiger partial charge in [0, 0.05) is 36.6 Å². The van der Waals surface area contributed by atoms with E-state index < -0.39 is 10.0 Å². The van der Waals surface area contributed by atoms with Gasteiger partial charge in [0.25, 0.3) is 0 Å². The Bertz CT molecular complexity index is 1510. The largest absolute Gasteiger partial charge is 0.495 e. The fraction of sp³-hybridized carbons (Fsp3) is 0.292. The number of nitrogens with zero attached hydrogens (tertiary/aromatic N) is 4. The Labute approximate surface area is 214 Å². The molecule has 12 heteroatoms. The van der Waals surface area contributed by atoms with Crippen LogP contribution in [0.5, 0.6) is 5.75 Å². The minimum atomic E-state index is -3.93. The molecule has 4 rings (SSSR count). The second-order valence-corrected chi connectivity index (χ2v) is 10.1. The predicted octanol–water partition coefficient (Wildman–Crippen LogP) is 3.21. The van der Waals surface area contributed by atoms with E-state index in [9.17, 15) is 8.42 Å². The van der Waals surface area contributed by atoms with Crippen molar-refractivity contribution in [1.82, 2.24) is 24.3 Å². The van der Waals surface area contributed by atoms with Gasteiger partial charge >= 0.3 is 0 Å². The number of ether oxygens (including phenoxy) is 1. The number of hydrogen-bond donors (Lipinski definition) is 3. The topological polar surface area (TPSA) is 131 Å². The summed E-state index contributed by atoms with van der Waals surface area (Å²) >= 11 is 6.37. The molecule has 0 amide bonds. The Hall–Kier alpha value is -3.25. The van der Waals surface area contributed by atoms with E-state index in [0.717, 1.165) is 17.7 Å². The van der Waals surface area contributed by atoms with Crippen molar-refractivity contribution in [3.05, 3.63) is 64.7 Å². The van der Waals surface area contributed by atoms with Crippen LogP contribution in [0.4, 0.5) is 5.69 Å². The van der Waals surface area contributed by atoms with Gasteiger partial charge in [-0.15, -0.1) is 0 Å². The van der Waals surface area contributed by atoms with Crippen molar-refractivity contribution in [1.29, 1.82) is 0 Å². The SMILES string of the molecule is CCc1cc(CNc2cc(Cl)nn3c(-c4ccc(OC)c(S(=O)(=O)NCCO)c4)c(C)nc23)ccn1. The lowest BCUT2D eigenvalue weighted by molar-refractivity contribution is 0.301. The quantitative estimate of drug-likeness (QED) is 0.285. The second-order valence-electron chi connectivity index (χ2n) is 8.01. The Balaban J connectivity index is 1.77. The molecule has 0 saturated carbocycles. The van der Waals surface area contributed by atoms with Gasteiger partial charge in [0.1, 0.15) is 10.6 Å². The number of rotatable bonds is 10. The van der Waals surface area contributed by atoms with Crippen molar-refractivity contribution >= 4 is 33.0 Å². The fourth-order valence-corrected chi connectivity index (χ4v) is 5.28. The first-order valence-electron chi connectivity index (χ1n) is 11.3. The average molecular weight is 531 g/mol. The zero-order valence-electron chi connectivity index (χ0n) is 20.1. The Kier molecular flexibility index (Phi) is 7.74. The van der Waals surface area contributed by atoms with Crippen LogP contribution in [0.2, 0.25) is 5.15 Å². The Morgan fingerprint density at radius 3 is 2.72 bits per heavy atom. The van der Waals surface area contributed by atoms with E-state index in [1.807, 2.05) is 19.1 Å². The predicted molar refractivity (Wildman–Crippen MR) is 138 cm³/mol. The summed E-state index contributed by atoms with van der Waals surface area (Å²) in [5.74, 6) is 0.174. The maximum Gasteiger partial charge on any atom is 0.244 e. The summed E-state index contributed by atoms with van der Waals surface area (Å²) in [7, 11) is -2.54. The molecule has 0 bridgehead atoms. The van der Waals surface area contributed by atoms with Gasteiger partial charge in [0.05, 0.1) is 30.8 Å². The van der Waals surface area contributed by atoms with E-state index in [0.29, 0.717) is 34.8 Å². The lowest BCUT2D eigenvalue weighted by Crippen LogP contribution is -2.27. The van der Waals surface area contributed by atoms with E-state index in [2.05, 4.69) is 27.0 Å². The van der Waals surface area contributed by atoms with Crippen LogP contribution in [-0.4, -0.2) is 53.4 Å². The molecule has 0 unspecified atom stereocenters. The molecule has 0 aliphatic rings. The van der Waals surface area contributed by atoms with Crippen molar-refractivity contribution in [3.8, 4) is 17.0 Å². The first-order valence-corrected chi connectivity index (χ1v) is 13.2. The average Bonchev–Trinajstić information content (AvgIpc) is 3.21. The van der Waals surface area contributed by atoms with Crippen LogP contribution in [-0.2, 0) is 23.0 Å². The van der Waals surface area contributed by atoms with Crippen LogP contribution in [0, 0.1) is 6.92 Å². The van der Waals surface area contributed by atoms with Gasteiger partial charge in [0.2, 0.25) is 10.0 Å². The zero-order chi connectivity index (χ0) is 25.9. The summed E-state index contributed by atoms with van der Waals surface area (Å²) < 4.78 is 34.9. The Morgan fingerprint density at radius 2 is 2.00 bits per heavy atom. The number of aliphatic hydroxyl groups excluding tert-OH is 1. The second kappa shape index (κ2) is 10.8. The van der Waals surface area contributed by atoms with Crippen LogP contribution in [0.15, 0.2) is 47.5 Å². The van der Waals surface area contributed by atoms with Crippen molar-refractivity contribution in [3.63, 3.8) is 0 Å². The highest BCUT2D eigenvalue weighted by atomic mass is 35.5. The fourth-order valence-electron chi connectivity index (χ4n) is 3.88. The molecule has 0 fully saturated rings. The van der Waals surface area contributed by atoms with Gasteiger partial charge in [-0.2, -0.15) is 5.10 Å². The molecule has 0 aliphatic carbocycles. The normalized spacial score (nSPS) is 11.7. The number of halogens is 1. The lowest BCUT2D eigenvalue weighted by Gasteiger charge is -2.13. The highest BCUT2D eigenvalue weighted by Crippen LogP contribution is 2.33. The summed E-state index contributed by atoms with van der Waals surface area (Å²) in [6.07, 6.45) is 2.63. The van der Waals surface area contributed by atoms with Crippen LogP contribution in [0.3, 0.4) is 0 Å². The number of benzene rings is 1. The third-order valence-corrected chi connectivity index (χ3v) is 7.25. The van der Waals surface area contributed by atoms with E-state index in [1.54, 1.807) is 28.9 Å². The van der Waals surface area contributed by atoms with Gasteiger partial charge in [-0.05, 0) is 49.2 Å². The molecule has 0 spiro atoms. The molecular formula is C24H27ClN6O4S. The summed E-state index contributed by atoms with van der Waals surface area (Å²) in [6.45, 7) is 3.96. The molecule has 4 aromatic rings. The Morgan fingerprint density at radius 1 is 1.19 bits per heavy atom. The lowest BCUT2D eigenvalue weighted by atomic mass is 10.1. The molecular weight excluding hydrogens is 504 g/mol. The number of fused-ring (bicyclic) bond motifs is 1. The van der Waals surface area contributed by atoms with Crippen molar-refractivity contribution in [2.75, 3.05) is 25.6 Å². The maximum absolute atomic E-state index is 12.8. The molecule has 36 heavy (non-hydrogen) atoms. The summed E-state index contributed by atoms with van der Waals surface area (Å²) in [6, 6.07) is 10.5. The van der Waals surface area contributed by atoms with Crippen molar-refractivity contribution in [2.45, 2.75) is 31.7 Å². The molecule has 190 valence electrons. The zero-order valence-corrected chi connectivity index (χ0v) is 21.7. The number of aliphatic hydroxyl groups is 1. The number of sulfonamides is 1. The minimum Gasteiger partial charge on any atom is -0.495 e. The molecule has 10 nitrogen and oxygen atoms in total. The van der Waals surface area contributed by atoms with Crippen molar-refractivity contribution in [2.24, 2.45) is 0 Å². The number of aryl methyl sites for hydroxylation is 2. The van der Waals surface area contributed by atoms with Crippen LogP contribution >= 0.6 is 11.6 Å². The summed E-state index contributed by atoms with van der Waals surface area (Å²) in [5, 5.41) is 17.1. The first-order chi connectivity index (χ1) is 17.3. The number of methoxy groups -OCH3 is 1. The van der Waals surface area contributed by atoms with Gasteiger partial charge in [-0.1, -0.05) is 18.5 Å². The molecule has 3 aromatic heterocycles. The molecule has 0 radical (unpaired) electrons. The number of pyridine rings is 1. The van der Waals surface area contributed by atoms with E-state index >= 15 is 0 Å². The van der Waals surface area contributed by atoms with Crippen LogP contribution in [0.1, 0.15) is 23.9 Å². The van der Waals surface area contributed by atoms with Gasteiger partial charge < -0.3 is 15.2 Å². The van der Waals surface area contributed by atoms with Crippen LogP contribution < -0.4 is 14.8 Å². The molecule has 3 heterocycles. The standard InChI is InChI=1S/C24H27ClN6O4S/c1-4-18-11-16(7-8-26-18)14-27-19-13-22(25)30-31-23(15(2)29-24(19)31)17-5-6-20(35-3)21(12-17)36(33,34)28-9-10-32/h5-8,11-13,27-28,32H,4,9-10,14H2,1-3H3. The van der Waals surface area contributed by atoms with E-state index in [-0.39, 0.29) is 28.9 Å². The molecule has 3 N–H and O–H groups in total.